The maximum absolute atomic E-state index is 12.8. The van der Waals surface area contributed by atoms with Crippen molar-refractivity contribution in [2.45, 2.75) is 5.92 Å². The van der Waals surface area contributed by atoms with Crippen molar-refractivity contribution >= 4 is 21.8 Å². The molecule has 0 radical (unpaired) electrons. The van der Waals surface area contributed by atoms with Gasteiger partial charge in [0.1, 0.15) is 0 Å². The van der Waals surface area contributed by atoms with Gasteiger partial charge in [-0.3, -0.25) is 4.79 Å². The predicted molar refractivity (Wildman–Crippen MR) is 39.9 cm³/mol. The third kappa shape index (κ3) is 1.26. The molecule has 1 atom stereocenters. The summed E-state index contributed by atoms with van der Waals surface area (Å²) in [5.74, 6) is -5.11. The molecule has 1 aliphatic rings. The number of carbonyl (C=O) groups excluding carboxylic acids is 1. The van der Waals surface area contributed by atoms with Crippen LogP contribution in [-0.4, -0.2) is 35.7 Å². The lowest BCUT2D eigenvalue weighted by Crippen LogP contribution is -2.33. The quantitative estimate of drug-likeness (QED) is 0.615. The Hall–Kier alpha value is -0.190. The first-order valence-electron chi connectivity index (χ1n) is 3.19. The summed E-state index contributed by atoms with van der Waals surface area (Å²) in [4.78, 5) is 11.8. The number of amides is 1. The molecule has 0 saturated carbocycles. The predicted octanol–water partition coefficient (Wildman–Crippen LogP) is 1.10. The third-order valence-electron chi connectivity index (χ3n) is 1.83. The molecule has 11 heavy (non-hydrogen) atoms. The van der Waals surface area contributed by atoms with Crippen molar-refractivity contribution < 1.29 is 13.6 Å². The van der Waals surface area contributed by atoms with E-state index in [1.54, 1.807) is 0 Å². The zero-order valence-electron chi connectivity index (χ0n) is 5.98. The van der Waals surface area contributed by atoms with Gasteiger partial charge in [0.2, 0.25) is 0 Å². The molecule has 1 unspecified atom stereocenters. The Morgan fingerprint density at radius 3 is 2.55 bits per heavy atom. The largest absolute Gasteiger partial charge is 0.340 e. The number of hydrogen-bond donors (Lipinski definition) is 0. The zero-order chi connectivity index (χ0) is 8.65. The Morgan fingerprint density at radius 1 is 1.82 bits per heavy atom. The fraction of sp³-hybridized carbons (Fsp3) is 0.833. The van der Waals surface area contributed by atoms with E-state index in [0.29, 0.717) is 0 Å². The van der Waals surface area contributed by atoms with Crippen molar-refractivity contribution in [3.05, 3.63) is 0 Å². The number of carbonyl (C=O) groups is 1. The highest BCUT2D eigenvalue weighted by atomic mass is 79.9. The molecule has 64 valence electrons. The second-order valence-electron chi connectivity index (χ2n) is 2.66. The van der Waals surface area contributed by atoms with Crippen LogP contribution in [0.4, 0.5) is 8.78 Å². The lowest BCUT2D eigenvalue weighted by Gasteiger charge is -2.11. The summed E-state index contributed by atoms with van der Waals surface area (Å²) in [6.07, 6.45) is 0. The van der Waals surface area contributed by atoms with Gasteiger partial charge in [0, 0.05) is 18.9 Å². The van der Waals surface area contributed by atoms with Crippen LogP contribution < -0.4 is 0 Å². The molecule has 0 bridgehead atoms. The topological polar surface area (TPSA) is 20.3 Å². The number of rotatable bonds is 1. The molecule has 1 heterocycles. The van der Waals surface area contributed by atoms with Gasteiger partial charge >= 0.3 is 5.92 Å². The van der Waals surface area contributed by atoms with Gasteiger partial charge in [0.15, 0.2) is 0 Å². The summed E-state index contributed by atoms with van der Waals surface area (Å²) < 4.78 is 25.7. The standard InChI is InChI=1S/C6H8BrF2NO/c1-10-3-4(2-7)6(8,9)5(10)11/h4H,2-3H2,1H3. The number of nitrogens with zero attached hydrogens (tertiary/aromatic N) is 1. The summed E-state index contributed by atoms with van der Waals surface area (Å²) in [7, 11) is 1.39. The molecule has 0 aromatic heterocycles. The van der Waals surface area contributed by atoms with Crippen LogP contribution in [0.15, 0.2) is 0 Å². The smallest absolute Gasteiger partial charge is 0.330 e. The SMILES string of the molecule is CN1CC(CBr)C(F)(F)C1=O. The van der Waals surface area contributed by atoms with Crippen LogP contribution in [0.25, 0.3) is 0 Å². The summed E-state index contributed by atoms with van der Waals surface area (Å²) in [5.41, 5.74) is 0. The zero-order valence-corrected chi connectivity index (χ0v) is 7.57. The van der Waals surface area contributed by atoms with Gasteiger partial charge in [-0.1, -0.05) is 15.9 Å². The molecule has 0 N–H and O–H groups in total. The molecule has 0 spiro atoms. The normalized spacial score (nSPS) is 29.6. The van der Waals surface area contributed by atoms with Gasteiger partial charge in [-0.05, 0) is 0 Å². The maximum Gasteiger partial charge on any atom is 0.330 e. The first-order valence-corrected chi connectivity index (χ1v) is 4.31. The van der Waals surface area contributed by atoms with Gasteiger partial charge < -0.3 is 4.90 Å². The molecule has 1 amide bonds. The minimum Gasteiger partial charge on any atom is -0.340 e. The molecule has 0 aromatic rings. The third-order valence-corrected chi connectivity index (χ3v) is 2.61. The number of hydrogen-bond acceptors (Lipinski definition) is 1. The average Bonchev–Trinajstić information content (AvgIpc) is 2.13. The summed E-state index contributed by atoms with van der Waals surface area (Å²) in [6.45, 7) is 0.136. The van der Waals surface area contributed by atoms with Crippen LogP contribution in [0.3, 0.4) is 0 Å². The minimum atomic E-state index is -3.17. The number of likely N-dealkylation sites (tertiary alicyclic amines) is 1. The lowest BCUT2D eigenvalue weighted by molar-refractivity contribution is -0.149. The maximum atomic E-state index is 12.8. The molecular weight excluding hydrogens is 220 g/mol. The molecule has 0 aromatic carbocycles. The van der Waals surface area contributed by atoms with Crippen molar-refractivity contribution in [1.29, 1.82) is 0 Å². The van der Waals surface area contributed by atoms with Crippen molar-refractivity contribution in [3.8, 4) is 0 Å². The van der Waals surface area contributed by atoms with Crippen LogP contribution in [0.1, 0.15) is 0 Å². The summed E-state index contributed by atoms with van der Waals surface area (Å²) in [6, 6.07) is 0. The second-order valence-corrected chi connectivity index (χ2v) is 3.31. The molecule has 1 fully saturated rings. The van der Waals surface area contributed by atoms with Crippen LogP contribution in [0.5, 0.6) is 0 Å². The van der Waals surface area contributed by atoms with E-state index >= 15 is 0 Å². The summed E-state index contributed by atoms with van der Waals surface area (Å²) in [5, 5.41) is 0.163. The van der Waals surface area contributed by atoms with Crippen molar-refractivity contribution in [2.24, 2.45) is 5.92 Å². The van der Waals surface area contributed by atoms with Gasteiger partial charge in [-0.25, -0.2) is 0 Å². The molecule has 1 saturated heterocycles. The molecule has 2 nitrogen and oxygen atoms in total. The average molecular weight is 228 g/mol. The molecule has 1 rings (SSSR count). The van der Waals surface area contributed by atoms with E-state index in [1.807, 2.05) is 0 Å². The van der Waals surface area contributed by atoms with Gasteiger partial charge in [0.05, 0.1) is 5.92 Å². The van der Waals surface area contributed by atoms with E-state index in [4.69, 9.17) is 0 Å². The van der Waals surface area contributed by atoms with Crippen molar-refractivity contribution in [1.82, 2.24) is 4.90 Å². The van der Waals surface area contributed by atoms with E-state index in [2.05, 4.69) is 15.9 Å². The van der Waals surface area contributed by atoms with Crippen LogP contribution in [-0.2, 0) is 4.79 Å². The lowest BCUT2D eigenvalue weighted by atomic mass is 10.1. The molecule has 1 aliphatic heterocycles. The fourth-order valence-corrected chi connectivity index (χ4v) is 1.71. The van der Waals surface area contributed by atoms with Crippen LogP contribution >= 0.6 is 15.9 Å². The highest BCUT2D eigenvalue weighted by molar-refractivity contribution is 9.09. The van der Waals surface area contributed by atoms with E-state index in [0.717, 1.165) is 4.90 Å². The first-order chi connectivity index (χ1) is 5.00. The summed E-state index contributed by atoms with van der Waals surface area (Å²) >= 11 is 2.95. The second kappa shape index (κ2) is 2.69. The van der Waals surface area contributed by atoms with Crippen LogP contribution in [0.2, 0.25) is 0 Å². The van der Waals surface area contributed by atoms with Gasteiger partial charge in [-0.15, -0.1) is 0 Å². The van der Waals surface area contributed by atoms with E-state index < -0.39 is 17.7 Å². The Bertz CT molecular complexity index is 185. The molecule has 5 heteroatoms. The Balaban J connectivity index is 2.82. The Morgan fingerprint density at radius 2 is 2.36 bits per heavy atom. The van der Waals surface area contributed by atoms with E-state index in [9.17, 15) is 13.6 Å². The van der Waals surface area contributed by atoms with Crippen LogP contribution in [0, 0.1) is 5.92 Å². The fourth-order valence-electron chi connectivity index (χ4n) is 1.10. The van der Waals surface area contributed by atoms with Gasteiger partial charge in [-0.2, -0.15) is 8.78 Å². The highest BCUT2D eigenvalue weighted by Gasteiger charge is 2.54. The van der Waals surface area contributed by atoms with E-state index in [-0.39, 0.29) is 11.9 Å². The van der Waals surface area contributed by atoms with Gasteiger partial charge in [0.25, 0.3) is 5.91 Å². The van der Waals surface area contributed by atoms with Crippen molar-refractivity contribution in [3.63, 3.8) is 0 Å². The van der Waals surface area contributed by atoms with Crippen molar-refractivity contribution in [2.75, 3.05) is 18.9 Å². The highest BCUT2D eigenvalue weighted by Crippen LogP contribution is 2.34. The molecular formula is C6H8BrF2NO. The monoisotopic (exact) mass is 227 g/mol. The van der Waals surface area contributed by atoms with E-state index in [1.165, 1.54) is 7.05 Å². The first kappa shape index (κ1) is 8.90. The molecule has 0 aliphatic carbocycles. The number of halogens is 3. The number of alkyl halides is 3. The minimum absolute atomic E-state index is 0.136. The Kier molecular flexibility index (Phi) is 2.18. The Labute approximate surface area is 71.7 Å².